The van der Waals surface area contributed by atoms with Crippen molar-refractivity contribution < 1.29 is 5.11 Å². The van der Waals surface area contributed by atoms with Gasteiger partial charge in [-0.2, -0.15) is 0 Å². The largest absolute Gasteiger partial charge is 0.388 e. The second-order valence-corrected chi connectivity index (χ2v) is 6.52. The molecule has 1 unspecified atom stereocenters. The van der Waals surface area contributed by atoms with E-state index in [2.05, 4.69) is 45.0 Å². The fourth-order valence-corrected chi connectivity index (χ4v) is 2.43. The molecule has 2 aromatic carbocycles. The van der Waals surface area contributed by atoms with Gasteiger partial charge in [0.15, 0.2) is 0 Å². The SMILES string of the molecule is Cc1ccccc1C(O)Cc1ccc(C(C)(C)C)cc1. The first-order chi connectivity index (χ1) is 9.38. The lowest BCUT2D eigenvalue weighted by Crippen LogP contribution is -2.11. The number of hydrogen-bond donors (Lipinski definition) is 1. The quantitative estimate of drug-likeness (QED) is 0.864. The van der Waals surface area contributed by atoms with E-state index in [1.54, 1.807) is 0 Å². The summed E-state index contributed by atoms with van der Waals surface area (Å²) in [7, 11) is 0. The van der Waals surface area contributed by atoms with Crippen LogP contribution in [0.3, 0.4) is 0 Å². The van der Waals surface area contributed by atoms with E-state index in [1.165, 1.54) is 11.1 Å². The molecule has 0 amide bonds. The van der Waals surface area contributed by atoms with Gasteiger partial charge in [0.2, 0.25) is 0 Å². The Morgan fingerprint density at radius 2 is 1.55 bits per heavy atom. The second-order valence-electron chi connectivity index (χ2n) is 6.52. The Morgan fingerprint density at radius 3 is 2.10 bits per heavy atom. The number of aryl methyl sites for hydroxylation is 1. The Labute approximate surface area is 122 Å². The van der Waals surface area contributed by atoms with E-state index in [1.807, 2.05) is 31.2 Å². The molecular weight excluding hydrogens is 244 g/mol. The van der Waals surface area contributed by atoms with Crippen LogP contribution >= 0.6 is 0 Å². The van der Waals surface area contributed by atoms with Gasteiger partial charge in [-0.15, -0.1) is 0 Å². The molecule has 0 aliphatic rings. The summed E-state index contributed by atoms with van der Waals surface area (Å²) in [5.41, 5.74) is 4.84. The molecule has 0 saturated heterocycles. The summed E-state index contributed by atoms with van der Waals surface area (Å²) < 4.78 is 0. The molecule has 0 spiro atoms. The standard InChI is InChI=1S/C19H24O/c1-14-7-5-6-8-17(14)18(20)13-15-9-11-16(12-10-15)19(2,3)4/h5-12,18,20H,13H2,1-4H3. The average molecular weight is 268 g/mol. The van der Waals surface area contributed by atoms with Gasteiger partial charge in [-0.3, -0.25) is 0 Å². The van der Waals surface area contributed by atoms with Crippen LogP contribution in [0.15, 0.2) is 48.5 Å². The van der Waals surface area contributed by atoms with Crippen molar-refractivity contribution in [1.29, 1.82) is 0 Å². The van der Waals surface area contributed by atoms with Gasteiger partial charge in [0, 0.05) is 6.42 Å². The molecule has 106 valence electrons. The average Bonchev–Trinajstić information content (AvgIpc) is 2.38. The second kappa shape index (κ2) is 5.80. The molecule has 20 heavy (non-hydrogen) atoms. The van der Waals surface area contributed by atoms with Crippen LogP contribution in [-0.2, 0) is 11.8 Å². The Hall–Kier alpha value is -1.60. The summed E-state index contributed by atoms with van der Waals surface area (Å²) in [6.07, 6.45) is 0.228. The Bertz CT molecular complexity index is 561. The zero-order valence-electron chi connectivity index (χ0n) is 12.9. The van der Waals surface area contributed by atoms with Gasteiger partial charge in [-0.25, -0.2) is 0 Å². The van der Waals surface area contributed by atoms with E-state index in [0.717, 1.165) is 11.1 Å². The van der Waals surface area contributed by atoms with Crippen LogP contribution in [0.5, 0.6) is 0 Å². The summed E-state index contributed by atoms with van der Waals surface area (Å²) in [6, 6.07) is 16.6. The third-order valence-corrected chi connectivity index (χ3v) is 3.80. The third kappa shape index (κ3) is 3.49. The maximum Gasteiger partial charge on any atom is 0.0832 e. The first-order valence-electron chi connectivity index (χ1n) is 7.21. The van der Waals surface area contributed by atoms with Crippen molar-refractivity contribution >= 4 is 0 Å². The zero-order valence-corrected chi connectivity index (χ0v) is 12.9. The molecule has 0 aromatic heterocycles. The van der Waals surface area contributed by atoms with Crippen LogP contribution in [0, 0.1) is 6.92 Å². The summed E-state index contributed by atoms with van der Waals surface area (Å²) in [4.78, 5) is 0. The lowest BCUT2D eigenvalue weighted by atomic mass is 9.86. The van der Waals surface area contributed by atoms with Crippen LogP contribution in [-0.4, -0.2) is 5.11 Å². The number of hydrogen-bond acceptors (Lipinski definition) is 1. The molecule has 0 saturated carbocycles. The molecular formula is C19H24O. The van der Waals surface area contributed by atoms with Crippen LogP contribution in [0.25, 0.3) is 0 Å². The van der Waals surface area contributed by atoms with Gasteiger partial charge in [-0.1, -0.05) is 69.3 Å². The molecule has 0 aliphatic heterocycles. The maximum atomic E-state index is 10.4. The van der Waals surface area contributed by atoms with Crippen LogP contribution in [0.2, 0.25) is 0 Å². The number of rotatable bonds is 3. The van der Waals surface area contributed by atoms with Crippen LogP contribution in [0.1, 0.15) is 49.1 Å². The van der Waals surface area contributed by atoms with E-state index >= 15 is 0 Å². The smallest absolute Gasteiger partial charge is 0.0832 e. The van der Waals surface area contributed by atoms with Crippen molar-refractivity contribution in [2.75, 3.05) is 0 Å². The summed E-state index contributed by atoms with van der Waals surface area (Å²) in [5.74, 6) is 0. The van der Waals surface area contributed by atoms with E-state index in [-0.39, 0.29) is 5.41 Å². The highest BCUT2D eigenvalue weighted by Crippen LogP contribution is 2.25. The predicted molar refractivity (Wildman–Crippen MR) is 85.0 cm³/mol. The van der Waals surface area contributed by atoms with Gasteiger partial charge in [0.25, 0.3) is 0 Å². The first-order valence-corrected chi connectivity index (χ1v) is 7.21. The fourth-order valence-electron chi connectivity index (χ4n) is 2.43. The van der Waals surface area contributed by atoms with E-state index in [0.29, 0.717) is 6.42 Å². The minimum Gasteiger partial charge on any atom is -0.388 e. The minimum atomic E-state index is -0.434. The summed E-state index contributed by atoms with van der Waals surface area (Å²) in [6.45, 7) is 8.68. The van der Waals surface area contributed by atoms with Gasteiger partial charge in [0.05, 0.1) is 6.10 Å². The zero-order chi connectivity index (χ0) is 14.8. The van der Waals surface area contributed by atoms with Crippen molar-refractivity contribution in [1.82, 2.24) is 0 Å². The van der Waals surface area contributed by atoms with Gasteiger partial charge < -0.3 is 5.11 Å². The molecule has 1 heteroatoms. The van der Waals surface area contributed by atoms with Crippen LogP contribution in [0.4, 0.5) is 0 Å². The number of aliphatic hydroxyl groups excluding tert-OH is 1. The molecule has 0 aliphatic carbocycles. The molecule has 1 nitrogen and oxygen atoms in total. The molecule has 0 bridgehead atoms. The molecule has 1 N–H and O–H groups in total. The Kier molecular flexibility index (Phi) is 4.29. The van der Waals surface area contributed by atoms with Gasteiger partial charge in [0.1, 0.15) is 0 Å². The van der Waals surface area contributed by atoms with Crippen molar-refractivity contribution in [2.24, 2.45) is 0 Å². The molecule has 0 heterocycles. The van der Waals surface area contributed by atoms with Crippen molar-refractivity contribution in [3.05, 3.63) is 70.8 Å². The predicted octanol–water partition coefficient (Wildman–Crippen LogP) is 4.57. The van der Waals surface area contributed by atoms with Crippen molar-refractivity contribution in [3.63, 3.8) is 0 Å². The highest BCUT2D eigenvalue weighted by molar-refractivity contribution is 5.31. The minimum absolute atomic E-state index is 0.174. The Morgan fingerprint density at radius 1 is 0.950 bits per heavy atom. The molecule has 1 atom stereocenters. The fraction of sp³-hybridized carbons (Fsp3) is 0.368. The summed E-state index contributed by atoms with van der Waals surface area (Å²) in [5, 5.41) is 10.4. The maximum absolute atomic E-state index is 10.4. The van der Waals surface area contributed by atoms with E-state index < -0.39 is 6.10 Å². The first kappa shape index (κ1) is 14.8. The van der Waals surface area contributed by atoms with Crippen molar-refractivity contribution in [2.45, 2.75) is 45.6 Å². The summed E-state index contributed by atoms with van der Waals surface area (Å²) >= 11 is 0. The topological polar surface area (TPSA) is 20.2 Å². The van der Waals surface area contributed by atoms with E-state index in [4.69, 9.17) is 0 Å². The highest BCUT2D eigenvalue weighted by atomic mass is 16.3. The monoisotopic (exact) mass is 268 g/mol. The normalized spacial score (nSPS) is 13.2. The third-order valence-electron chi connectivity index (χ3n) is 3.80. The van der Waals surface area contributed by atoms with Gasteiger partial charge in [-0.05, 0) is 34.6 Å². The molecule has 2 rings (SSSR count). The lowest BCUT2D eigenvalue weighted by Gasteiger charge is -2.20. The Balaban J connectivity index is 2.13. The molecule has 0 radical (unpaired) electrons. The highest BCUT2D eigenvalue weighted by Gasteiger charge is 2.14. The number of aliphatic hydroxyl groups is 1. The van der Waals surface area contributed by atoms with Crippen LogP contribution < -0.4 is 0 Å². The molecule has 0 fully saturated rings. The van der Waals surface area contributed by atoms with E-state index in [9.17, 15) is 5.11 Å². The van der Waals surface area contributed by atoms with Gasteiger partial charge >= 0.3 is 0 Å². The van der Waals surface area contributed by atoms with Crippen molar-refractivity contribution in [3.8, 4) is 0 Å². The lowest BCUT2D eigenvalue weighted by molar-refractivity contribution is 0.177. The molecule has 2 aromatic rings. The number of benzene rings is 2.